The van der Waals surface area contributed by atoms with E-state index in [9.17, 15) is 14.7 Å². The summed E-state index contributed by atoms with van der Waals surface area (Å²) >= 11 is 6.26. The number of aliphatic hydroxyl groups is 1. The Hall–Kier alpha value is -3.45. The molecule has 0 spiro atoms. The molecule has 1 atom stereocenters. The highest BCUT2D eigenvalue weighted by Crippen LogP contribution is 2.42. The highest BCUT2D eigenvalue weighted by molar-refractivity contribution is 6.46. The number of ketones is 1. The van der Waals surface area contributed by atoms with Crippen LogP contribution in [0.3, 0.4) is 0 Å². The van der Waals surface area contributed by atoms with Gasteiger partial charge in [0.25, 0.3) is 11.7 Å². The molecule has 154 valence electrons. The van der Waals surface area contributed by atoms with Gasteiger partial charge in [-0.2, -0.15) is 0 Å². The zero-order chi connectivity index (χ0) is 21.4. The second kappa shape index (κ2) is 7.76. The molecule has 8 heteroatoms. The molecule has 30 heavy (non-hydrogen) atoms. The monoisotopic (exact) mass is 427 g/mol. The predicted octanol–water partition coefficient (Wildman–Crippen LogP) is 4.46. The largest absolute Gasteiger partial charge is 0.507 e. The minimum absolute atomic E-state index is 0.0324. The number of hydrogen-bond donors (Lipinski definition) is 1. The summed E-state index contributed by atoms with van der Waals surface area (Å²) in [5.74, 6) is -0.131. The van der Waals surface area contributed by atoms with Crippen LogP contribution in [0.1, 0.15) is 28.9 Å². The number of methoxy groups -OCH3 is 1. The lowest BCUT2D eigenvalue weighted by atomic mass is 9.99. The summed E-state index contributed by atoms with van der Waals surface area (Å²) in [5, 5.41) is 11.3. The Labute approximate surface area is 177 Å². The lowest BCUT2D eigenvalue weighted by molar-refractivity contribution is -0.140. The van der Waals surface area contributed by atoms with Crippen LogP contribution in [-0.4, -0.2) is 28.8 Å². The molecule has 1 fully saturated rings. The number of amides is 1. The standard InChI is InChI=1S/C22H18ClNO6/c1-12-5-8-17(30-12)19-18(20(25)15-10-13(28-2)6-7-16(15)23)21(26)22(27)24(19)11-14-4-3-9-29-14/h3-10,19,25H,11H2,1-2H3/b20-18+. The van der Waals surface area contributed by atoms with Crippen LogP contribution in [-0.2, 0) is 16.1 Å². The van der Waals surface area contributed by atoms with E-state index in [1.807, 2.05) is 0 Å². The van der Waals surface area contributed by atoms with Crippen LogP contribution < -0.4 is 4.74 Å². The zero-order valence-corrected chi connectivity index (χ0v) is 17.0. The number of hydrogen-bond acceptors (Lipinski definition) is 6. The van der Waals surface area contributed by atoms with Crippen LogP contribution in [0.25, 0.3) is 5.76 Å². The molecular weight excluding hydrogens is 410 g/mol. The molecule has 0 aliphatic carbocycles. The van der Waals surface area contributed by atoms with E-state index in [1.54, 1.807) is 43.3 Å². The molecule has 7 nitrogen and oxygen atoms in total. The smallest absolute Gasteiger partial charge is 0.296 e. The molecular formula is C22H18ClNO6. The molecule has 2 aromatic heterocycles. The van der Waals surface area contributed by atoms with Gasteiger partial charge in [0.2, 0.25) is 0 Å². The number of Topliss-reactive ketones (excluding diaryl/α,β-unsaturated/α-hetero) is 1. The van der Waals surface area contributed by atoms with E-state index in [2.05, 4.69) is 0 Å². The van der Waals surface area contributed by atoms with Crippen molar-refractivity contribution in [1.82, 2.24) is 4.90 Å². The average molecular weight is 428 g/mol. The van der Waals surface area contributed by atoms with E-state index in [0.29, 0.717) is 23.0 Å². The maximum atomic E-state index is 13.0. The molecule has 0 radical (unpaired) electrons. The summed E-state index contributed by atoms with van der Waals surface area (Å²) in [5.41, 5.74) is 0.0661. The molecule has 3 aromatic rings. The van der Waals surface area contributed by atoms with Gasteiger partial charge in [0, 0.05) is 5.56 Å². The van der Waals surface area contributed by atoms with E-state index >= 15 is 0 Å². The Kier molecular flexibility index (Phi) is 5.13. The molecule has 4 rings (SSSR count). The number of aryl methyl sites for hydroxylation is 1. The molecule has 0 bridgehead atoms. The summed E-state index contributed by atoms with van der Waals surface area (Å²) in [7, 11) is 1.47. The van der Waals surface area contributed by atoms with Crippen LogP contribution in [0.4, 0.5) is 0 Å². The Bertz CT molecular complexity index is 1140. The minimum atomic E-state index is -0.939. The first kappa shape index (κ1) is 19.8. The SMILES string of the molecule is COc1ccc(Cl)c(/C(O)=C2\C(=O)C(=O)N(Cc3ccco3)C2c2ccc(C)o2)c1. The maximum Gasteiger partial charge on any atom is 0.296 e. The van der Waals surface area contributed by atoms with Gasteiger partial charge in [0.15, 0.2) is 0 Å². The Morgan fingerprint density at radius 2 is 2.03 bits per heavy atom. The molecule has 1 saturated heterocycles. The number of benzene rings is 1. The molecule has 1 aliphatic heterocycles. The maximum absolute atomic E-state index is 13.0. The third-order valence-electron chi connectivity index (χ3n) is 4.91. The second-order valence-electron chi connectivity index (χ2n) is 6.80. The van der Waals surface area contributed by atoms with Crippen LogP contribution >= 0.6 is 11.6 Å². The van der Waals surface area contributed by atoms with Gasteiger partial charge in [0.05, 0.1) is 30.5 Å². The predicted molar refractivity (Wildman–Crippen MR) is 108 cm³/mol. The third kappa shape index (κ3) is 3.37. The number of nitrogens with zero attached hydrogens (tertiary/aromatic N) is 1. The van der Waals surface area contributed by atoms with Crippen molar-refractivity contribution in [3.63, 3.8) is 0 Å². The first-order valence-electron chi connectivity index (χ1n) is 9.11. The summed E-state index contributed by atoms with van der Waals surface area (Å²) < 4.78 is 16.3. The van der Waals surface area contributed by atoms with E-state index in [-0.39, 0.29) is 22.7 Å². The average Bonchev–Trinajstić information content (AvgIpc) is 3.45. The highest BCUT2D eigenvalue weighted by Gasteiger charge is 2.48. The summed E-state index contributed by atoms with van der Waals surface area (Å²) in [6.45, 7) is 1.78. The number of furan rings is 2. The fraction of sp³-hybridized carbons (Fsp3) is 0.182. The van der Waals surface area contributed by atoms with E-state index in [1.165, 1.54) is 24.3 Å². The normalized spacial score (nSPS) is 18.2. The van der Waals surface area contributed by atoms with E-state index in [4.69, 9.17) is 25.2 Å². The van der Waals surface area contributed by atoms with Crippen molar-refractivity contribution in [1.29, 1.82) is 0 Å². The number of halogens is 1. The van der Waals surface area contributed by atoms with Crippen molar-refractivity contribution < 1.29 is 28.3 Å². The van der Waals surface area contributed by atoms with Crippen LogP contribution in [0, 0.1) is 6.92 Å². The van der Waals surface area contributed by atoms with Gasteiger partial charge in [-0.1, -0.05) is 11.6 Å². The molecule has 0 saturated carbocycles. The highest BCUT2D eigenvalue weighted by atomic mass is 35.5. The Morgan fingerprint density at radius 1 is 1.23 bits per heavy atom. The van der Waals surface area contributed by atoms with Crippen LogP contribution in [0.15, 0.2) is 63.1 Å². The third-order valence-corrected chi connectivity index (χ3v) is 5.24. The summed E-state index contributed by atoms with van der Waals surface area (Å²) in [6.07, 6.45) is 1.48. The van der Waals surface area contributed by atoms with Gasteiger partial charge in [-0.25, -0.2) is 0 Å². The number of likely N-dealkylation sites (tertiary alicyclic amines) is 1. The van der Waals surface area contributed by atoms with Crippen LogP contribution in [0.5, 0.6) is 5.75 Å². The topological polar surface area (TPSA) is 93.1 Å². The molecule has 1 amide bonds. The number of ether oxygens (including phenoxy) is 1. The summed E-state index contributed by atoms with van der Waals surface area (Å²) in [6, 6.07) is 10.5. The van der Waals surface area contributed by atoms with Crippen molar-refractivity contribution in [2.24, 2.45) is 0 Å². The van der Waals surface area contributed by atoms with Crippen LogP contribution in [0.2, 0.25) is 5.02 Å². The summed E-state index contributed by atoms with van der Waals surface area (Å²) in [4.78, 5) is 27.1. The molecule has 1 aromatic carbocycles. The van der Waals surface area contributed by atoms with Gasteiger partial charge in [-0.05, 0) is 49.4 Å². The van der Waals surface area contributed by atoms with Gasteiger partial charge in [-0.15, -0.1) is 0 Å². The number of carbonyl (C=O) groups is 2. The van der Waals surface area contributed by atoms with Gasteiger partial charge in [-0.3, -0.25) is 9.59 Å². The molecule has 1 N–H and O–H groups in total. The van der Waals surface area contributed by atoms with Crippen molar-refractivity contribution in [2.75, 3.05) is 7.11 Å². The number of carbonyl (C=O) groups excluding carboxylic acids is 2. The second-order valence-corrected chi connectivity index (χ2v) is 7.21. The van der Waals surface area contributed by atoms with Crippen molar-refractivity contribution in [3.8, 4) is 5.75 Å². The fourth-order valence-electron chi connectivity index (χ4n) is 3.47. The van der Waals surface area contributed by atoms with Gasteiger partial charge >= 0.3 is 0 Å². The molecule has 1 unspecified atom stereocenters. The minimum Gasteiger partial charge on any atom is -0.507 e. The molecule has 1 aliphatic rings. The lowest BCUT2D eigenvalue weighted by Gasteiger charge is -2.22. The van der Waals surface area contributed by atoms with Crippen molar-refractivity contribution in [2.45, 2.75) is 19.5 Å². The fourth-order valence-corrected chi connectivity index (χ4v) is 3.67. The Balaban J connectivity index is 1.89. The quantitative estimate of drug-likeness (QED) is 0.367. The molecule has 3 heterocycles. The van der Waals surface area contributed by atoms with Gasteiger partial charge in [0.1, 0.15) is 34.8 Å². The number of aliphatic hydroxyl groups excluding tert-OH is 1. The first-order valence-corrected chi connectivity index (χ1v) is 9.49. The van der Waals surface area contributed by atoms with Gasteiger partial charge < -0.3 is 23.6 Å². The Morgan fingerprint density at radius 3 is 2.67 bits per heavy atom. The first-order chi connectivity index (χ1) is 14.4. The van der Waals surface area contributed by atoms with E-state index in [0.717, 1.165) is 0 Å². The zero-order valence-electron chi connectivity index (χ0n) is 16.2. The van der Waals surface area contributed by atoms with Crippen molar-refractivity contribution >= 4 is 29.1 Å². The van der Waals surface area contributed by atoms with E-state index < -0.39 is 23.5 Å². The number of rotatable bonds is 5. The van der Waals surface area contributed by atoms with Crippen molar-refractivity contribution in [3.05, 3.63) is 82.2 Å². The lowest BCUT2D eigenvalue weighted by Crippen LogP contribution is -2.28.